The number of benzene rings is 3. The number of carbonyl (C=O) groups is 2. The molecule has 3 aliphatic heterocycles. The number of amides is 1. The van der Waals surface area contributed by atoms with Gasteiger partial charge in [0.25, 0.3) is 11.7 Å². The number of Topliss-reactive ketones (excluding diaryl/α,β-unsaturated/α-hetero) is 1. The lowest BCUT2D eigenvalue weighted by Gasteiger charge is -2.24. The topological polar surface area (TPSA) is 102 Å². The molecule has 3 aromatic rings. The number of sulfonamides is 1. The molecule has 1 fully saturated rings. The Labute approximate surface area is 214 Å². The number of ketones is 1. The highest BCUT2D eigenvalue weighted by atomic mass is 32.2. The van der Waals surface area contributed by atoms with Crippen molar-refractivity contribution in [2.45, 2.75) is 30.3 Å². The minimum absolute atomic E-state index is 0.0102. The zero-order valence-electron chi connectivity index (χ0n) is 19.8. The predicted octanol–water partition coefficient (Wildman–Crippen LogP) is 3.38. The summed E-state index contributed by atoms with van der Waals surface area (Å²) in [6, 6.07) is 18.6. The van der Waals surface area contributed by atoms with Crippen LogP contribution in [0.2, 0.25) is 0 Å². The third-order valence-electron chi connectivity index (χ3n) is 6.84. The number of rotatable bonds is 7. The lowest BCUT2D eigenvalue weighted by atomic mass is 10.1. The summed E-state index contributed by atoms with van der Waals surface area (Å²) >= 11 is 0. The van der Waals surface area contributed by atoms with Gasteiger partial charge in [0.2, 0.25) is 16.8 Å². The van der Waals surface area contributed by atoms with Gasteiger partial charge in [0.15, 0.2) is 11.5 Å². The molecule has 37 heavy (non-hydrogen) atoms. The van der Waals surface area contributed by atoms with Gasteiger partial charge in [0, 0.05) is 6.54 Å². The molecule has 1 amide bonds. The summed E-state index contributed by atoms with van der Waals surface area (Å²) in [6.45, 7) is 0.877. The average molecular weight is 521 g/mol. The predicted molar refractivity (Wildman–Crippen MR) is 133 cm³/mol. The standard InChI is InChI=1S/C27H24N2O7S/c30-26-22-14-21(37(32,33)29-12-4-5-19(29)16-34-20-6-2-1-3-7-20)9-10-23(22)28(27(26)31)15-18-8-11-24-25(13-18)36-17-35-24/h1-3,6-11,13-14,19H,4-5,12,15-17H2/t19-/m0/s1. The van der Waals surface area contributed by atoms with Crippen LogP contribution in [0.4, 0.5) is 5.69 Å². The van der Waals surface area contributed by atoms with Crippen LogP contribution in [0.25, 0.3) is 0 Å². The van der Waals surface area contributed by atoms with E-state index in [1.54, 1.807) is 18.2 Å². The summed E-state index contributed by atoms with van der Waals surface area (Å²) in [4.78, 5) is 27.0. The van der Waals surface area contributed by atoms with Gasteiger partial charge in [-0.2, -0.15) is 4.31 Å². The minimum atomic E-state index is -3.90. The van der Waals surface area contributed by atoms with Gasteiger partial charge in [-0.25, -0.2) is 8.42 Å². The second kappa shape index (κ2) is 9.20. The molecule has 3 heterocycles. The van der Waals surface area contributed by atoms with E-state index in [0.29, 0.717) is 42.3 Å². The Kier molecular flexibility index (Phi) is 5.85. The van der Waals surface area contributed by atoms with E-state index in [2.05, 4.69) is 0 Å². The molecule has 0 aromatic heterocycles. The van der Waals surface area contributed by atoms with Crippen molar-refractivity contribution in [3.63, 3.8) is 0 Å². The van der Waals surface area contributed by atoms with Gasteiger partial charge in [-0.1, -0.05) is 24.3 Å². The fraction of sp³-hybridized carbons (Fsp3) is 0.259. The van der Waals surface area contributed by atoms with E-state index in [4.69, 9.17) is 14.2 Å². The molecule has 10 heteroatoms. The van der Waals surface area contributed by atoms with Crippen LogP contribution in [-0.2, 0) is 21.4 Å². The Morgan fingerprint density at radius 1 is 0.946 bits per heavy atom. The van der Waals surface area contributed by atoms with Crippen LogP contribution in [-0.4, -0.2) is 50.4 Å². The van der Waals surface area contributed by atoms with Crippen molar-refractivity contribution in [3.8, 4) is 17.2 Å². The largest absolute Gasteiger partial charge is 0.492 e. The fourth-order valence-electron chi connectivity index (χ4n) is 4.96. The number of nitrogens with zero attached hydrogens (tertiary/aromatic N) is 2. The first-order valence-electron chi connectivity index (χ1n) is 12.0. The SMILES string of the molecule is O=C1C(=O)N(Cc2ccc3c(c2)OCO3)c2ccc(S(=O)(=O)N3CCC[C@H]3COc3ccccc3)cc21. The van der Waals surface area contributed by atoms with Crippen LogP contribution >= 0.6 is 0 Å². The van der Waals surface area contributed by atoms with Crippen molar-refractivity contribution < 1.29 is 32.2 Å². The number of anilines is 1. The van der Waals surface area contributed by atoms with Gasteiger partial charge < -0.3 is 19.1 Å². The summed E-state index contributed by atoms with van der Waals surface area (Å²) in [5, 5.41) is 0. The number of carbonyl (C=O) groups excluding carboxylic acids is 2. The molecule has 3 aromatic carbocycles. The molecule has 190 valence electrons. The van der Waals surface area contributed by atoms with Crippen LogP contribution in [0.5, 0.6) is 17.2 Å². The molecule has 0 saturated carbocycles. The van der Waals surface area contributed by atoms with E-state index in [0.717, 1.165) is 5.56 Å². The van der Waals surface area contributed by atoms with Gasteiger partial charge in [0.1, 0.15) is 12.4 Å². The summed E-state index contributed by atoms with van der Waals surface area (Å²) < 4.78 is 45.1. The van der Waals surface area contributed by atoms with E-state index in [1.165, 1.54) is 27.4 Å². The van der Waals surface area contributed by atoms with Gasteiger partial charge in [-0.15, -0.1) is 0 Å². The molecule has 0 bridgehead atoms. The third-order valence-corrected chi connectivity index (χ3v) is 8.78. The van der Waals surface area contributed by atoms with Gasteiger partial charge in [-0.05, 0) is 60.9 Å². The monoisotopic (exact) mass is 520 g/mol. The van der Waals surface area contributed by atoms with Crippen molar-refractivity contribution >= 4 is 27.4 Å². The third kappa shape index (κ3) is 4.21. The first-order valence-corrected chi connectivity index (χ1v) is 13.4. The second-order valence-electron chi connectivity index (χ2n) is 9.12. The Bertz CT molecular complexity index is 1490. The molecule has 1 atom stereocenters. The minimum Gasteiger partial charge on any atom is -0.492 e. The van der Waals surface area contributed by atoms with E-state index < -0.39 is 21.7 Å². The van der Waals surface area contributed by atoms with Crippen molar-refractivity contribution in [1.82, 2.24) is 4.31 Å². The van der Waals surface area contributed by atoms with E-state index >= 15 is 0 Å². The molecule has 9 nitrogen and oxygen atoms in total. The first kappa shape index (κ1) is 23.5. The summed E-state index contributed by atoms with van der Waals surface area (Å²) in [5.74, 6) is 0.456. The Morgan fingerprint density at radius 2 is 1.76 bits per heavy atom. The summed E-state index contributed by atoms with van der Waals surface area (Å²) in [6.07, 6.45) is 1.39. The highest BCUT2D eigenvalue weighted by molar-refractivity contribution is 7.89. The zero-order chi connectivity index (χ0) is 25.6. The normalized spacial score (nSPS) is 18.9. The lowest BCUT2D eigenvalue weighted by Crippen LogP contribution is -2.39. The smallest absolute Gasteiger partial charge is 0.299 e. The molecule has 0 spiro atoms. The molecule has 3 aliphatic rings. The number of hydrogen-bond donors (Lipinski definition) is 0. The highest BCUT2D eigenvalue weighted by Gasteiger charge is 2.40. The van der Waals surface area contributed by atoms with Gasteiger partial charge in [-0.3, -0.25) is 9.59 Å². The number of para-hydroxylation sites is 1. The highest BCUT2D eigenvalue weighted by Crippen LogP contribution is 2.37. The maximum Gasteiger partial charge on any atom is 0.299 e. The number of fused-ring (bicyclic) bond motifs is 2. The van der Waals surface area contributed by atoms with Crippen molar-refractivity contribution in [2.75, 3.05) is 24.8 Å². The number of hydrogen-bond acceptors (Lipinski definition) is 7. The van der Waals surface area contributed by atoms with Crippen LogP contribution < -0.4 is 19.1 Å². The second-order valence-corrected chi connectivity index (χ2v) is 11.0. The Morgan fingerprint density at radius 3 is 2.59 bits per heavy atom. The van der Waals surface area contributed by atoms with E-state index in [-0.39, 0.29) is 36.4 Å². The Hall–Kier alpha value is -3.89. The van der Waals surface area contributed by atoms with Crippen molar-refractivity contribution in [2.24, 2.45) is 0 Å². The van der Waals surface area contributed by atoms with Gasteiger partial charge >= 0.3 is 0 Å². The van der Waals surface area contributed by atoms with E-state index in [1.807, 2.05) is 30.3 Å². The molecular formula is C27H24N2O7S. The lowest BCUT2D eigenvalue weighted by molar-refractivity contribution is -0.114. The molecule has 0 aliphatic carbocycles. The van der Waals surface area contributed by atoms with E-state index in [9.17, 15) is 18.0 Å². The maximum atomic E-state index is 13.6. The number of ether oxygens (including phenoxy) is 3. The molecule has 0 unspecified atom stereocenters. The van der Waals surface area contributed by atoms with Crippen molar-refractivity contribution in [1.29, 1.82) is 0 Å². The molecule has 0 N–H and O–H groups in total. The van der Waals surface area contributed by atoms with Crippen LogP contribution in [0, 0.1) is 0 Å². The molecule has 1 saturated heterocycles. The summed E-state index contributed by atoms with van der Waals surface area (Å²) in [7, 11) is -3.90. The summed E-state index contributed by atoms with van der Waals surface area (Å²) in [5.41, 5.74) is 1.23. The fourth-order valence-corrected chi connectivity index (χ4v) is 6.66. The molecule has 6 rings (SSSR count). The van der Waals surface area contributed by atoms with Crippen LogP contribution in [0.3, 0.4) is 0 Å². The first-order chi connectivity index (χ1) is 17.9. The van der Waals surface area contributed by atoms with Crippen molar-refractivity contribution in [3.05, 3.63) is 77.9 Å². The Balaban J connectivity index is 1.23. The van der Waals surface area contributed by atoms with Gasteiger partial charge in [0.05, 0.1) is 28.7 Å². The van der Waals surface area contributed by atoms with Crippen LogP contribution in [0.1, 0.15) is 28.8 Å². The van der Waals surface area contributed by atoms with Crippen LogP contribution in [0.15, 0.2) is 71.6 Å². The average Bonchev–Trinajstić information content (AvgIpc) is 3.64. The molecule has 0 radical (unpaired) electrons. The maximum absolute atomic E-state index is 13.6. The zero-order valence-corrected chi connectivity index (χ0v) is 20.6. The quantitative estimate of drug-likeness (QED) is 0.440. The molecular weight excluding hydrogens is 496 g/mol.